The largest absolute Gasteiger partial charge is 0.462 e. The summed E-state index contributed by atoms with van der Waals surface area (Å²) in [4.78, 5) is 44.2. The summed E-state index contributed by atoms with van der Waals surface area (Å²) in [6, 6.07) is 9.87. The minimum absolute atomic E-state index is 0.0101. The van der Waals surface area contributed by atoms with E-state index in [9.17, 15) is 29.8 Å². The van der Waals surface area contributed by atoms with Gasteiger partial charge in [-0.25, -0.2) is 9.59 Å². The predicted molar refractivity (Wildman–Crippen MR) is 101 cm³/mol. The average Bonchev–Trinajstić information content (AvgIpc) is 2.71. The van der Waals surface area contributed by atoms with Crippen LogP contribution in [0.25, 0.3) is 6.08 Å². The van der Waals surface area contributed by atoms with Gasteiger partial charge in [0.2, 0.25) is 0 Å². The lowest BCUT2D eigenvalue weighted by molar-refractivity contribution is -0.394. The average molecular weight is 411 g/mol. The Morgan fingerprint density at radius 3 is 2.27 bits per heavy atom. The quantitative estimate of drug-likeness (QED) is 0.166. The summed E-state index contributed by atoms with van der Waals surface area (Å²) in [5.41, 5.74) is -1.59. The second-order valence-corrected chi connectivity index (χ2v) is 5.60. The number of carbonyl (C=O) groups is 2. The van der Waals surface area contributed by atoms with Crippen molar-refractivity contribution < 1.29 is 28.9 Å². The third-order valence-corrected chi connectivity index (χ3v) is 3.56. The van der Waals surface area contributed by atoms with E-state index in [1.807, 2.05) is 0 Å². The zero-order valence-corrected chi connectivity index (χ0v) is 15.4. The summed E-state index contributed by atoms with van der Waals surface area (Å²) in [6.45, 7) is 1.68. The van der Waals surface area contributed by atoms with E-state index in [1.165, 1.54) is 30.3 Å². The molecule has 0 aliphatic rings. The molecule has 0 fully saturated rings. The molecule has 2 aromatic rings. The van der Waals surface area contributed by atoms with Gasteiger partial charge in [0.05, 0.1) is 28.1 Å². The van der Waals surface area contributed by atoms with Gasteiger partial charge in [-0.1, -0.05) is 12.1 Å². The van der Waals surface area contributed by atoms with Crippen molar-refractivity contribution in [1.82, 2.24) is 0 Å². The number of carbonyl (C=O) groups excluding carboxylic acids is 2. The smallest absolute Gasteiger partial charge is 0.348 e. The topological polar surface area (TPSA) is 163 Å². The fourth-order valence-corrected chi connectivity index (χ4v) is 2.27. The monoisotopic (exact) mass is 411 g/mol. The highest BCUT2D eigenvalue weighted by atomic mass is 16.6. The van der Waals surface area contributed by atoms with Crippen molar-refractivity contribution in [3.63, 3.8) is 0 Å². The summed E-state index contributed by atoms with van der Waals surface area (Å²) in [5.74, 6) is -1.89. The third kappa shape index (κ3) is 5.46. The Bertz CT molecular complexity index is 1070. The first-order valence-corrected chi connectivity index (χ1v) is 8.30. The molecule has 11 heteroatoms. The summed E-state index contributed by atoms with van der Waals surface area (Å²) >= 11 is 0. The highest BCUT2D eigenvalue weighted by Gasteiger charge is 2.21. The number of esters is 2. The number of nitro benzene ring substituents is 2. The van der Waals surface area contributed by atoms with Crippen LogP contribution in [0.2, 0.25) is 0 Å². The molecular formula is C19H13N3O8. The van der Waals surface area contributed by atoms with Gasteiger partial charge in [0.25, 0.3) is 11.4 Å². The molecule has 0 aromatic heterocycles. The number of nitro groups is 2. The lowest BCUT2D eigenvalue weighted by Crippen LogP contribution is -2.10. The van der Waals surface area contributed by atoms with E-state index in [2.05, 4.69) is 0 Å². The maximum Gasteiger partial charge on any atom is 0.348 e. The number of benzene rings is 2. The van der Waals surface area contributed by atoms with Crippen LogP contribution in [0.3, 0.4) is 0 Å². The lowest BCUT2D eigenvalue weighted by atomic mass is 10.1. The van der Waals surface area contributed by atoms with Gasteiger partial charge in [-0.05, 0) is 30.7 Å². The van der Waals surface area contributed by atoms with Crippen molar-refractivity contribution in [2.45, 2.75) is 6.92 Å². The maximum atomic E-state index is 12.3. The molecule has 0 heterocycles. The Kier molecular flexibility index (Phi) is 6.92. The van der Waals surface area contributed by atoms with Crippen LogP contribution in [0.15, 0.2) is 48.0 Å². The molecular weight excluding hydrogens is 398 g/mol. The maximum absolute atomic E-state index is 12.3. The highest BCUT2D eigenvalue weighted by molar-refractivity contribution is 5.98. The molecule has 0 unspecified atom stereocenters. The van der Waals surface area contributed by atoms with Crippen LogP contribution in [0.5, 0.6) is 5.75 Å². The van der Waals surface area contributed by atoms with E-state index in [0.29, 0.717) is 5.56 Å². The molecule has 152 valence electrons. The van der Waals surface area contributed by atoms with E-state index in [0.717, 1.165) is 18.2 Å². The Morgan fingerprint density at radius 1 is 1.10 bits per heavy atom. The van der Waals surface area contributed by atoms with E-state index < -0.39 is 33.2 Å². The summed E-state index contributed by atoms with van der Waals surface area (Å²) in [5, 5.41) is 31.0. The number of rotatable bonds is 7. The van der Waals surface area contributed by atoms with Gasteiger partial charge in [0.1, 0.15) is 17.4 Å². The molecule has 0 bridgehead atoms. The van der Waals surface area contributed by atoms with Crippen molar-refractivity contribution in [1.29, 1.82) is 5.26 Å². The molecule has 0 radical (unpaired) electrons. The SMILES string of the molecule is CCOC(=O)/C(C#N)=C/c1cccc(OC(=O)c2cc([N+](=O)[O-])cc([N+](=O)[O-])c2)c1. The minimum Gasteiger partial charge on any atom is -0.462 e. The predicted octanol–water partition coefficient (Wildman–Crippen LogP) is 3.19. The van der Waals surface area contributed by atoms with Crippen molar-refractivity contribution in [2.24, 2.45) is 0 Å². The second-order valence-electron chi connectivity index (χ2n) is 5.60. The first kappa shape index (κ1) is 21.7. The van der Waals surface area contributed by atoms with Gasteiger partial charge in [0.15, 0.2) is 0 Å². The number of hydrogen-bond acceptors (Lipinski definition) is 9. The standard InChI is InChI=1S/C19H13N3O8/c1-2-29-18(23)14(11-20)6-12-4-3-5-17(7-12)30-19(24)13-8-15(21(25)26)10-16(9-13)22(27)28/h3-10H,2H2,1H3/b14-6+. The van der Waals surface area contributed by atoms with Crippen molar-refractivity contribution in [3.8, 4) is 11.8 Å². The highest BCUT2D eigenvalue weighted by Crippen LogP contribution is 2.24. The fraction of sp³-hybridized carbons (Fsp3) is 0.105. The summed E-state index contributed by atoms with van der Waals surface area (Å²) < 4.78 is 9.88. The van der Waals surface area contributed by atoms with E-state index in [1.54, 1.807) is 13.0 Å². The Labute approximate surface area is 169 Å². The molecule has 0 spiro atoms. The number of hydrogen-bond donors (Lipinski definition) is 0. The van der Waals surface area contributed by atoms with Gasteiger partial charge in [0, 0.05) is 12.1 Å². The van der Waals surface area contributed by atoms with E-state index >= 15 is 0 Å². The van der Waals surface area contributed by atoms with Crippen LogP contribution >= 0.6 is 0 Å². The number of nitriles is 1. The van der Waals surface area contributed by atoms with Crippen LogP contribution in [0, 0.1) is 31.6 Å². The van der Waals surface area contributed by atoms with Crippen molar-refractivity contribution >= 4 is 29.4 Å². The molecule has 11 nitrogen and oxygen atoms in total. The number of ether oxygens (including phenoxy) is 2. The molecule has 30 heavy (non-hydrogen) atoms. The minimum atomic E-state index is -1.06. The zero-order chi connectivity index (χ0) is 22.3. The fourth-order valence-electron chi connectivity index (χ4n) is 2.27. The van der Waals surface area contributed by atoms with Crippen LogP contribution in [-0.4, -0.2) is 28.4 Å². The van der Waals surface area contributed by atoms with Crippen molar-refractivity contribution in [3.05, 3.63) is 79.4 Å². The Balaban J connectivity index is 2.32. The number of non-ortho nitro benzene ring substituents is 2. The van der Waals surface area contributed by atoms with Gasteiger partial charge in [-0.3, -0.25) is 20.2 Å². The third-order valence-electron chi connectivity index (χ3n) is 3.56. The van der Waals surface area contributed by atoms with Crippen LogP contribution in [0.1, 0.15) is 22.8 Å². The normalized spacial score (nSPS) is 10.6. The van der Waals surface area contributed by atoms with Gasteiger partial charge in [-0.2, -0.15) is 5.26 Å². The van der Waals surface area contributed by atoms with Gasteiger partial charge < -0.3 is 9.47 Å². The van der Waals surface area contributed by atoms with Gasteiger partial charge in [-0.15, -0.1) is 0 Å². The van der Waals surface area contributed by atoms with Crippen molar-refractivity contribution in [2.75, 3.05) is 6.61 Å². The molecule has 0 atom stereocenters. The molecule has 0 aliphatic heterocycles. The number of nitrogens with zero attached hydrogens (tertiary/aromatic N) is 3. The molecule has 0 saturated heterocycles. The van der Waals surface area contributed by atoms with Gasteiger partial charge >= 0.3 is 11.9 Å². The first-order valence-electron chi connectivity index (χ1n) is 8.30. The van der Waals surface area contributed by atoms with E-state index in [4.69, 9.17) is 14.7 Å². The molecule has 0 amide bonds. The van der Waals surface area contributed by atoms with Crippen LogP contribution in [-0.2, 0) is 9.53 Å². The Morgan fingerprint density at radius 2 is 1.73 bits per heavy atom. The summed E-state index contributed by atoms with van der Waals surface area (Å²) in [7, 11) is 0. The zero-order valence-electron chi connectivity index (χ0n) is 15.4. The molecule has 2 aromatic carbocycles. The molecule has 0 N–H and O–H groups in total. The lowest BCUT2D eigenvalue weighted by Gasteiger charge is -2.06. The molecule has 2 rings (SSSR count). The Hall–Kier alpha value is -4.59. The second kappa shape index (κ2) is 9.56. The van der Waals surface area contributed by atoms with E-state index in [-0.39, 0.29) is 23.5 Å². The summed E-state index contributed by atoms with van der Waals surface area (Å²) in [6.07, 6.45) is 1.23. The molecule has 0 aliphatic carbocycles. The van der Waals surface area contributed by atoms with Crippen LogP contribution in [0.4, 0.5) is 11.4 Å². The first-order chi connectivity index (χ1) is 14.2. The van der Waals surface area contributed by atoms with Crippen LogP contribution < -0.4 is 4.74 Å². The molecule has 0 saturated carbocycles.